The maximum atomic E-state index is 13.4. The summed E-state index contributed by atoms with van der Waals surface area (Å²) in [5.74, 6) is -0.879. The van der Waals surface area contributed by atoms with Crippen molar-refractivity contribution in [2.24, 2.45) is 0 Å². The van der Waals surface area contributed by atoms with Crippen LogP contribution in [0, 0.1) is 5.82 Å². The lowest BCUT2D eigenvalue weighted by atomic mass is 10.1. The highest BCUT2D eigenvalue weighted by atomic mass is 19.1. The second-order valence-corrected chi connectivity index (χ2v) is 4.29. The van der Waals surface area contributed by atoms with E-state index in [4.69, 9.17) is 4.74 Å². The van der Waals surface area contributed by atoms with Crippen LogP contribution in [0.4, 0.5) is 4.39 Å². The van der Waals surface area contributed by atoms with E-state index in [0.29, 0.717) is 0 Å². The molecule has 0 saturated carbocycles. The minimum atomic E-state index is -0.496. The number of carbonyl (C=O) groups excluding carboxylic acids is 1. The molecule has 1 N–H and O–H groups in total. The van der Waals surface area contributed by atoms with Gasteiger partial charge in [0.2, 0.25) is 0 Å². The van der Waals surface area contributed by atoms with Gasteiger partial charge in [0, 0.05) is 6.61 Å². The van der Waals surface area contributed by atoms with Gasteiger partial charge < -0.3 is 10.1 Å². The van der Waals surface area contributed by atoms with E-state index in [1.165, 1.54) is 12.1 Å². The average Bonchev–Trinajstić information content (AvgIpc) is 2.82. The first-order chi connectivity index (χ1) is 8.18. The first kappa shape index (κ1) is 12.0. The second kappa shape index (κ2) is 5.27. The number of rotatable bonds is 3. The number of halogens is 1. The van der Waals surface area contributed by atoms with Crippen molar-refractivity contribution in [3.05, 3.63) is 35.6 Å². The molecule has 2 rings (SSSR count). The molecule has 4 heteroatoms. The summed E-state index contributed by atoms with van der Waals surface area (Å²) >= 11 is 0. The fourth-order valence-electron chi connectivity index (χ4n) is 2.02. The molecule has 1 heterocycles. The van der Waals surface area contributed by atoms with Gasteiger partial charge in [-0.1, -0.05) is 12.1 Å². The van der Waals surface area contributed by atoms with Crippen molar-refractivity contribution in [3.63, 3.8) is 0 Å². The Hall–Kier alpha value is -1.42. The van der Waals surface area contributed by atoms with Gasteiger partial charge in [-0.3, -0.25) is 4.79 Å². The van der Waals surface area contributed by atoms with E-state index >= 15 is 0 Å². The van der Waals surface area contributed by atoms with Crippen LogP contribution in [0.3, 0.4) is 0 Å². The third-order valence-electron chi connectivity index (χ3n) is 3.00. The van der Waals surface area contributed by atoms with Crippen molar-refractivity contribution in [3.8, 4) is 0 Å². The van der Waals surface area contributed by atoms with Gasteiger partial charge in [-0.15, -0.1) is 0 Å². The summed E-state index contributed by atoms with van der Waals surface area (Å²) < 4.78 is 18.8. The standard InChI is InChI=1S/C13H16FNO2/c1-9(12-7-4-8-17-12)15-13(16)10-5-2-3-6-11(10)14/h2-3,5-6,9,12H,4,7-8H2,1H3,(H,15,16)/t9-,12-/m1/s1. The molecule has 0 bridgehead atoms. The highest BCUT2D eigenvalue weighted by molar-refractivity contribution is 5.94. The molecule has 92 valence electrons. The highest BCUT2D eigenvalue weighted by Gasteiger charge is 2.24. The first-order valence-electron chi connectivity index (χ1n) is 5.85. The average molecular weight is 237 g/mol. The van der Waals surface area contributed by atoms with Crippen LogP contribution >= 0.6 is 0 Å². The van der Waals surface area contributed by atoms with Crippen molar-refractivity contribution in [1.29, 1.82) is 0 Å². The molecule has 2 atom stereocenters. The summed E-state index contributed by atoms with van der Waals surface area (Å²) in [5.41, 5.74) is 0.0809. The van der Waals surface area contributed by atoms with Crippen LogP contribution < -0.4 is 5.32 Å². The van der Waals surface area contributed by atoms with Crippen LogP contribution in [0.25, 0.3) is 0 Å². The van der Waals surface area contributed by atoms with Gasteiger partial charge in [-0.05, 0) is 31.9 Å². The number of hydrogen-bond acceptors (Lipinski definition) is 2. The van der Waals surface area contributed by atoms with E-state index in [-0.39, 0.29) is 23.6 Å². The van der Waals surface area contributed by atoms with Gasteiger partial charge in [0.1, 0.15) is 5.82 Å². The minimum Gasteiger partial charge on any atom is -0.376 e. The largest absolute Gasteiger partial charge is 0.376 e. The molecule has 0 unspecified atom stereocenters. The lowest BCUT2D eigenvalue weighted by Gasteiger charge is -2.20. The van der Waals surface area contributed by atoms with E-state index < -0.39 is 5.82 Å². The van der Waals surface area contributed by atoms with Gasteiger partial charge >= 0.3 is 0 Å². The molecule has 1 fully saturated rings. The Balaban J connectivity index is 1.99. The molecular formula is C13H16FNO2. The zero-order valence-corrected chi connectivity index (χ0v) is 9.78. The SMILES string of the molecule is C[C@@H](NC(=O)c1ccccc1F)[C@H]1CCCO1. The molecule has 1 aliphatic heterocycles. The number of ether oxygens (including phenoxy) is 1. The van der Waals surface area contributed by atoms with E-state index in [1.807, 2.05) is 6.92 Å². The third-order valence-corrected chi connectivity index (χ3v) is 3.00. The van der Waals surface area contributed by atoms with Crippen molar-refractivity contribution in [2.45, 2.75) is 31.9 Å². The molecule has 1 aliphatic rings. The number of amides is 1. The summed E-state index contributed by atoms with van der Waals surface area (Å²) in [6.45, 7) is 2.62. The van der Waals surface area contributed by atoms with Gasteiger partial charge in [0.15, 0.2) is 0 Å². The number of carbonyl (C=O) groups is 1. The molecule has 17 heavy (non-hydrogen) atoms. The molecule has 1 amide bonds. The Bertz CT molecular complexity index is 402. The third kappa shape index (κ3) is 2.82. The smallest absolute Gasteiger partial charge is 0.254 e. The lowest BCUT2D eigenvalue weighted by molar-refractivity contribution is 0.0710. The number of nitrogens with one attached hydrogen (secondary N) is 1. The molecule has 3 nitrogen and oxygen atoms in total. The number of hydrogen-bond donors (Lipinski definition) is 1. The van der Waals surface area contributed by atoms with Gasteiger partial charge in [0.05, 0.1) is 17.7 Å². The Morgan fingerprint density at radius 3 is 2.94 bits per heavy atom. The molecule has 1 saturated heterocycles. The number of benzene rings is 1. The van der Waals surface area contributed by atoms with E-state index in [2.05, 4.69) is 5.32 Å². The van der Waals surface area contributed by atoms with Gasteiger partial charge in [-0.25, -0.2) is 4.39 Å². The van der Waals surface area contributed by atoms with Crippen LogP contribution in [0.2, 0.25) is 0 Å². The fraction of sp³-hybridized carbons (Fsp3) is 0.462. The summed E-state index contributed by atoms with van der Waals surface area (Å²) in [4.78, 5) is 11.8. The predicted octanol–water partition coefficient (Wildman–Crippen LogP) is 2.12. The van der Waals surface area contributed by atoms with Crippen LogP contribution in [0.15, 0.2) is 24.3 Å². The van der Waals surface area contributed by atoms with Crippen LogP contribution in [-0.2, 0) is 4.74 Å². The van der Waals surface area contributed by atoms with Crippen molar-refractivity contribution in [2.75, 3.05) is 6.61 Å². The Kier molecular flexibility index (Phi) is 3.74. The zero-order valence-electron chi connectivity index (χ0n) is 9.78. The quantitative estimate of drug-likeness (QED) is 0.874. The summed E-state index contributed by atoms with van der Waals surface area (Å²) in [6.07, 6.45) is 2.01. The predicted molar refractivity (Wildman–Crippen MR) is 62.3 cm³/mol. The highest BCUT2D eigenvalue weighted by Crippen LogP contribution is 2.16. The molecule has 0 aliphatic carbocycles. The zero-order chi connectivity index (χ0) is 12.3. The normalized spacial score (nSPS) is 21.2. The van der Waals surface area contributed by atoms with Crippen LogP contribution in [0.1, 0.15) is 30.1 Å². The summed E-state index contributed by atoms with van der Waals surface area (Å²) in [6, 6.07) is 5.88. The van der Waals surface area contributed by atoms with Crippen molar-refractivity contribution >= 4 is 5.91 Å². The molecule has 1 aromatic rings. The Morgan fingerprint density at radius 2 is 2.29 bits per heavy atom. The second-order valence-electron chi connectivity index (χ2n) is 4.29. The van der Waals surface area contributed by atoms with E-state index in [0.717, 1.165) is 19.4 Å². The monoisotopic (exact) mass is 237 g/mol. The Morgan fingerprint density at radius 1 is 1.53 bits per heavy atom. The molecule has 0 radical (unpaired) electrons. The molecule has 0 spiro atoms. The van der Waals surface area contributed by atoms with Crippen molar-refractivity contribution < 1.29 is 13.9 Å². The van der Waals surface area contributed by atoms with E-state index in [9.17, 15) is 9.18 Å². The maximum Gasteiger partial charge on any atom is 0.254 e. The minimum absolute atomic E-state index is 0.0470. The Labute approximate surface area is 100.0 Å². The molecular weight excluding hydrogens is 221 g/mol. The molecule has 1 aromatic carbocycles. The van der Waals surface area contributed by atoms with Gasteiger partial charge in [0.25, 0.3) is 5.91 Å². The summed E-state index contributed by atoms with van der Waals surface area (Å²) in [5, 5.41) is 2.78. The van der Waals surface area contributed by atoms with Crippen molar-refractivity contribution in [1.82, 2.24) is 5.32 Å². The summed E-state index contributed by atoms with van der Waals surface area (Å²) in [7, 11) is 0. The van der Waals surface area contributed by atoms with Crippen LogP contribution in [-0.4, -0.2) is 24.7 Å². The first-order valence-corrected chi connectivity index (χ1v) is 5.85. The van der Waals surface area contributed by atoms with E-state index in [1.54, 1.807) is 12.1 Å². The van der Waals surface area contributed by atoms with Crippen LogP contribution in [0.5, 0.6) is 0 Å². The maximum absolute atomic E-state index is 13.4. The topological polar surface area (TPSA) is 38.3 Å². The molecule has 0 aromatic heterocycles. The fourth-order valence-corrected chi connectivity index (χ4v) is 2.02. The van der Waals surface area contributed by atoms with Gasteiger partial charge in [-0.2, -0.15) is 0 Å². The lowest BCUT2D eigenvalue weighted by Crippen LogP contribution is -2.41.